The average molecular weight is 267 g/mol. The summed E-state index contributed by atoms with van der Waals surface area (Å²) in [5.74, 6) is 1.97. The average Bonchev–Trinajstić information content (AvgIpc) is 2.37. The third-order valence-electron chi connectivity index (χ3n) is 2.65. The predicted octanol–water partition coefficient (Wildman–Crippen LogP) is 2.77. The van der Waals surface area contributed by atoms with Crippen LogP contribution >= 0.6 is 0 Å². The summed E-state index contributed by atoms with van der Waals surface area (Å²) >= 11 is 0. The molecule has 0 aliphatic heterocycles. The molecule has 0 heterocycles. The van der Waals surface area contributed by atoms with E-state index in [1.807, 2.05) is 25.1 Å². The van der Waals surface area contributed by atoms with Crippen molar-refractivity contribution in [2.75, 3.05) is 26.9 Å². The molecule has 4 heteroatoms. The van der Waals surface area contributed by atoms with Crippen LogP contribution in [0.4, 0.5) is 0 Å². The predicted molar refractivity (Wildman–Crippen MR) is 76.7 cm³/mol. The van der Waals surface area contributed by atoms with Gasteiger partial charge < -0.3 is 19.9 Å². The maximum absolute atomic E-state index is 5.84. The van der Waals surface area contributed by atoms with Crippen LogP contribution in [-0.4, -0.2) is 26.9 Å². The van der Waals surface area contributed by atoms with Crippen molar-refractivity contribution in [3.05, 3.63) is 23.8 Å². The molecule has 1 atom stereocenters. The number of hydrogen-bond donors (Lipinski definition) is 1. The molecule has 0 amide bonds. The Morgan fingerprint density at radius 2 is 1.84 bits per heavy atom. The van der Waals surface area contributed by atoms with Crippen molar-refractivity contribution < 1.29 is 14.2 Å². The summed E-state index contributed by atoms with van der Waals surface area (Å²) in [6.45, 7) is 8.03. The number of rotatable bonds is 8. The second kappa shape index (κ2) is 8.02. The highest BCUT2D eigenvalue weighted by atomic mass is 16.5. The van der Waals surface area contributed by atoms with Gasteiger partial charge in [-0.15, -0.1) is 0 Å². The molecule has 0 spiro atoms. The number of methoxy groups -OCH3 is 1. The first-order valence-electron chi connectivity index (χ1n) is 6.68. The fraction of sp³-hybridized carbons (Fsp3) is 0.600. The fourth-order valence-electron chi connectivity index (χ4n) is 1.62. The molecule has 2 N–H and O–H groups in total. The van der Waals surface area contributed by atoms with Crippen LogP contribution < -0.4 is 15.2 Å². The van der Waals surface area contributed by atoms with Crippen molar-refractivity contribution in [1.82, 2.24) is 0 Å². The molecule has 0 radical (unpaired) electrons. The Morgan fingerprint density at radius 3 is 2.42 bits per heavy atom. The van der Waals surface area contributed by atoms with E-state index in [0.29, 0.717) is 24.9 Å². The topological polar surface area (TPSA) is 53.7 Å². The lowest BCUT2D eigenvalue weighted by atomic mass is 10.1. The Hall–Kier alpha value is -1.26. The minimum absolute atomic E-state index is 0.0164. The van der Waals surface area contributed by atoms with E-state index in [4.69, 9.17) is 19.9 Å². The fourth-order valence-corrected chi connectivity index (χ4v) is 1.62. The first-order chi connectivity index (χ1) is 9.04. The van der Waals surface area contributed by atoms with E-state index in [0.717, 1.165) is 17.9 Å². The van der Waals surface area contributed by atoms with E-state index in [1.54, 1.807) is 7.11 Å². The Labute approximate surface area is 115 Å². The lowest BCUT2D eigenvalue weighted by molar-refractivity contribution is 0.0810. The summed E-state index contributed by atoms with van der Waals surface area (Å²) in [6.07, 6.45) is 0. The summed E-state index contributed by atoms with van der Waals surface area (Å²) in [7, 11) is 1.63. The van der Waals surface area contributed by atoms with Crippen molar-refractivity contribution in [3.63, 3.8) is 0 Å². The van der Waals surface area contributed by atoms with Gasteiger partial charge in [-0.25, -0.2) is 0 Å². The van der Waals surface area contributed by atoms with Gasteiger partial charge in [0.25, 0.3) is 0 Å². The van der Waals surface area contributed by atoms with Crippen LogP contribution in [0.5, 0.6) is 11.5 Å². The van der Waals surface area contributed by atoms with Crippen molar-refractivity contribution in [2.24, 2.45) is 11.7 Å². The highest BCUT2D eigenvalue weighted by Gasteiger charge is 2.08. The molecule has 1 aromatic rings. The van der Waals surface area contributed by atoms with Gasteiger partial charge in [0.15, 0.2) is 11.5 Å². The quantitative estimate of drug-likeness (QED) is 0.736. The Morgan fingerprint density at radius 1 is 1.11 bits per heavy atom. The highest BCUT2D eigenvalue weighted by molar-refractivity contribution is 5.43. The van der Waals surface area contributed by atoms with Gasteiger partial charge in [0, 0.05) is 12.6 Å². The standard InChI is InChI=1S/C15H25NO3/c1-11(2)10-18-7-8-19-14-6-5-13(12(3)16)9-15(14)17-4/h5-6,9,11-12H,7-8,10,16H2,1-4H3/t12-/m0/s1. The van der Waals surface area contributed by atoms with Crippen LogP contribution in [0.1, 0.15) is 32.4 Å². The van der Waals surface area contributed by atoms with Crippen LogP contribution in [0.2, 0.25) is 0 Å². The van der Waals surface area contributed by atoms with Gasteiger partial charge in [-0.1, -0.05) is 19.9 Å². The van der Waals surface area contributed by atoms with Crippen molar-refractivity contribution >= 4 is 0 Å². The number of hydrogen-bond acceptors (Lipinski definition) is 4. The molecular weight excluding hydrogens is 242 g/mol. The molecule has 108 valence electrons. The molecule has 0 aromatic heterocycles. The van der Waals surface area contributed by atoms with Gasteiger partial charge in [-0.3, -0.25) is 0 Å². The second-order valence-corrected chi connectivity index (χ2v) is 5.02. The third-order valence-corrected chi connectivity index (χ3v) is 2.65. The van der Waals surface area contributed by atoms with E-state index in [2.05, 4.69) is 13.8 Å². The Balaban J connectivity index is 2.49. The van der Waals surface area contributed by atoms with Crippen LogP contribution in [0, 0.1) is 5.92 Å². The van der Waals surface area contributed by atoms with E-state index in [1.165, 1.54) is 0 Å². The summed E-state index contributed by atoms with van der Waals surface area (Å²) < 4.78 is 16.4. The Kier molecular flexibility index (Phi) is 6.67. The first kappa shape index (κ1) is 15.8. The highest BCUT2D eigenvalue weighted by Crippen LogP contribution is 2.29. The largest absolute Gasteiger partial charge is 0.493 e. The molecule has 1 rings (SSSR count). The van der Waals surface area contributed by atoms with Crippen molar-refractivity contribution in [1.29, 1.82) is 0 Å². The molecule has 0 saturated carbocycles. The van der Waals surface area contributed by atoms with E-state index < -0.39 is 0 Å². The molecule has 4 nitrogen and oxygen atoms in total. The lowest BCUT2D eigenvalue weighted by Crippen LogP contribution is -2.11. The van der Waals surface area contributed by atoms with Gasteiger partial charge in [0.2, 0.25) is 0 Å². The third kappa shape index (κ3) is 5.49. The van der Waals surface area contributed by atoms with Crippen molar-refractivity contribution in [2.45, 2.75) is 26.8 Å². The second-order valence-electron chi connectivity index (χ2n) is 5.02. The van der Waals surface area contributed by atoms with Gasteiger partial charge >= 0.3 is 0 Å². The molecule has 0 bridgehead atoms. The van der Waals surface area contributed by atoms with Crippen molar-refractivity contribution in [3.8, 4) is 11.5 Å². The summed E-state index contributed by atoms with van der Waals surface area (Å²) in [5.41, 5.74) is 6.87. The smallest absolute Gasteiger partial charge is 0.161 e. The molecular formula is C15H25NO3. The van der Waals surface area contributed by atoms with E-state index in [9.17, 15) is 0 Å². The molecule has 0 aliphatic rings. The van der Waals surface area contributed by atoms with Crippen LogP contribution in [0.3, 0.4) is 0 Å². The molecule has 1 aromatic carbocycles. The summed E-state index contributed by atoms with van der Waals surface area (Å²) in [6, 6.07) is 5.74. The van der Waals surface area contributed by atoms with Gasteiger partial charge in [-0.05, 0) is 30.5 Å². The minimum Gasteiger partial charge on any atom is -0.493 e. The lowest BCUT2D eigenvalue weighted by Gasteiger charge is -2.14. The minimum atomic E-state index is -0.0164. The zero-order valence-electron chi connectivity index (χ0n) is 12.3. The first-order valence-corrected chi connectivity index (χ1v) is 6.68. The van der Waals surface area contributed by atoms with E-state index in [-0.39, 0.29) is 6.04 Å². The monoisotopic (exact) mass is 267 g/mol. The zero-order valence-corrected chi connectivity index (χ0v) is 12.3. The molecule has 0 aliphatic carbocycles. The molecule has 0 fully saturated rings. The molecule has 0 unspecified atom stereocenters. The maximum atomic E-state index is 5.84. The van der Waals surface area contributed by atoms with Gasteiger partial charge in [0.05, 0.1) is 13.7 Å². The van der Waals surface area contributed by atoms with Crippen LogP contribution in [0.25, 0.3) is 0 Å². The normalized spacial score (nSPS) is 12.5. The number of nitrogens with two attached hydrogens (primary N) is 1. The van der Waals surface area contributed by atoms with Gasteiger partial charge in [0.1, 0.15) is 6.61 Å². The summed E-state index contributed by atoms with van der Waals surface area (Å²) in [5, 5.41) is 0. The number of ether oxygens (including phenoxy) is 3. The number of benzene rings is 1. The van der Waals surface area contributed by atoms with Crippen LogP contribution in [-0.2, 0) is 4.74 Å². The SMILES string of the molecule is COc1cc([C@H](C)N)ccc1OCCOCC(C)C. The maximum Gasteiger partial charge on any atom is 0.161 e. The Bertz CT molecular complexity index is 378. The zero-order chi connectivity index (χ0) is 14.3. The van der Waals surface area contributed by atoms with Gasteiger partial charge in [-0.2, -0.15) is 0 Å². The summed E-state index contributed by atoms with van der Waals surface area (Å²) in [4.78, 5) is 0. The van der Waals surface area contributed by atoms with Crippen LogP contribution in [0.15, 0.2) is 18.2 Å². The van der Waals surface area contributed by atoms with E-state index >= 15 is 0 Å². The molecule has 0 saturated heterocycles. The molecule has 19 heavy (non-hydrogen) atoms.